The number of ether oxygens (including phenoxy) is 1. The second kappa shape index (κ2) is 6.54. The molecule has 0 atom stereocenters. The summed E-state index contributed by atoms with van der Waals surface area (Å²) in [6.45, 7) is 1.29. The summed E-state index contributed by atoms with van der Waals surface area (Å²) in [6, 6.07) is 11.8. The average molecular weight is 344 g/mol. The molecule has 0 amide bonds. The zero-order valence-corrected chi connectivity index (χ0v) is 12.9. The maximum atomic E-state index is 5.61. The number of halogens is 1. The number of aromatic nitrogens is 2. The molecule has 0 unspecified atom stereocenters. The molecule has 2 heterocycles. The third kappa shape index (κ3) is 3.49. The summed E-state index contributed by atoms with van der Waals surface area (Å²) in [5.74, 6) is 0.780. The van der Waals surface area contributed by atoms with Gasteiger partial charge in [-0.1, -0.05) is 15.9 Å². The Labute approximate surface area is 131 Å². The van der Waals surface area contributed by atoms with Crippen LogP contribution in [0.1, 0.15) is 0 Å². The molecule has 4 nitrogen and oxygen atoms in total. The average Bonchev–Trinajstić information content (AvgIpc) is 2.52. The van der Waals surface area contributed by atoms with Crippen LogP contribution in [0.2, 0.25) is 0 Å². The van der Waals surface area contributed by atoms with Crippen LogP contribution >= 0.6 is 15.9 Å². The van der Waals surface area contributed by atoms with E-state index in [0.29, 0.717) is 13.2 Å². The summed E-state index contributed by atoms with van der Waals surface area (Å²) in [6.07, 6.45) is 5.24. The molecule has 0 saturated heterocycles. The highest BCUT2D eigenvalue weighted by Gasteiger charge is 2.02. The number of hydrogen-bond donors (Lipinski definition) is 1. The molecule has 0 radical (unpaired) electrons. The maximum absolute atomic E-state index is 5.61. The summed E-state index contributed by atoms with van der Waals surface area (Å²) in [4.78, 5) is 8.38. The van der Waals surface area contributed by atoms with Crippen molar-refractivity contribution in [3.05, 3.63) is 59.5 Å². The van der Waals surface area contributed by atoms with E-state index in [1.54, 1.807) is 18.6 Å². The van der Waals surface area contributed by atoms with Crippen molar-refractivity contribution < 1.29 is 4.74 Å². The van der Waals surface area contributed by atoms with Crippen molar-refractivity contribution in [1.29, 1.82) is 0 Å². The van der Waals surface area contributed by atoms with Crippen LogP contribution in [-0.2, 0) is 0 Å². The van der Waals surface area contributed by atoms with E-state index >= 15 is 0 Å². The minimum atomic E-state index is 0.575. The van der Waals surface area contributed by atoms with Crippen molar-refractivity contribution in [1.82, 2.24) is 9.97 Å². The van der Waals surface area contributed by atoms with E-state index in [9.17, 15) is 0 Å². The summed E-state index contributed by atoms with van der Waals surface area (Å²) in [7, 11) is 0. The second-order valence-corrected chi connectivity index (χ2v) is 5.40. The lowest BCUT2D eigenvalue weighted by Crippen LogP contribution is -2.11. The van der Waals surface area contributed by atoms with Gasteiger partial charge in [-0.3, -0.25) is 9.97 Å². The molecule has 0 saturated carbocycles. The van der Waals surface area contributed by atoms with Gasteiger partial charge < -0.3 is 10.1 Å². The van der Waals surface area contributed by atoms with Crippen molar-refractivity contribution >= 4 is 32.5 Å². The molecule has 0 aliphatic carbocycles. The van der Waals surface area contributed by atoms with E-state index in [1.807, 2.05) is 30.3 Å². The molecule has 0 aliphatic heterocycles. The minimum absolute atomic E-state index is 0.575. The van der Waals surface area contributed by atoms with Crippen molar-refractivity contribution in [2.45, 2.75) is 0 Å². The Morgan fingerprint density at radius 1 is 1.14 bits per heavy atom. The van der Waals surface area contributed by atoms with Crippen molar-refractivity contribution in [2.75, 3.05) is 18.5 Å². The SMILES string of the molecule is Brc1ccc2c(NCCOc3cccnc3)ccnc2c1. The van der Waals surface area contributed by atoms with Crippen LogP contribution in [0.3, 0.4) is 0 Å². The molecule has 1 N–H and O–H groups in total. The molecule has 3 rings (SSSR count). The summed E-state index contributed by atoms with van der Waals surface area (Å²) < 4.78 is 6.64. The Bertz CT molecular complexity index is 734. The zero-order valence-electron chi connectivity index (χ0n) is 11.3. The molecule has 0 aliphatic rings. The number of benzene rings is 1. The second-order valence-electron chi connectivity index (χ2n) is 4.48. The van der Waals surface area contributed by atoms with E-state index in [4.69, 9.17) is 4.74 Å². The fourth-order valence-electron chi connectivity index (χ4n) is 2.06. The molecule has 0 bridgehead atoms. The fraction of sp³-hybridized carbons (Fsp3) is 0.125. The summed E-state index contributed by atoms with van der Waals surface area (Å²) in [5.41, 5.74) is 2.02. The number of rotatable bonds is 5. The lowest BCUT2D eigenvalue weighted by Gasteiger charge is -2.10. The van der Waals surface area contributed by atoms with Crippen molar-refractivity contribution in [3.8, 4) is 5.75 Å². The largest absolute Gasteiger partial charge is 0.490 e. The van der Waals surface area contributed by atoms with Gasteiger partial charge in [-0.05, 0) is 36.4 Å². The van der Waals surface area contributed by atoms with Crippen LogP contribution in [0.25, 0.3) is 10.9 Å². The standard InChI is InChI=1S/C16H14BrN3O/c17-12-3-4-14-15(5-7-19-16(14)10-12)20-8-9-21-13-2-1-6-18-11-13/h1-7,10-11H,8-9H2,(H,19,20). The van der Waals surface area contributed by atoms with E-state index in [-0.39, 0.29) is 0 Å². The first kappa shape index (κ1) is 13.8. The van der Waals surface area contributed by atoms with E-state index in [1.165, 1.54) is 0 Å². The number of fused-ring (bicyclic) bond motifs is 1. The lowest BCUT2D eigenvalue weighted by atomic mass is 10.2. The summed E-state index contributed by atoms with van der Waals surface area (Å²) in [5, 5.41) is 4.48. The van der Waals surface area contributed by atoms with E-state index in [0.717, 1.165) is 26.8 Å². The molecule has 1 aromatic carbocycles. The van der Waals surface area contributed by atoms with Crippen LogP contribution < -0.4 is 10.1 Å². The third-order valence-corrected chi connectivity index (χ3v) is 3.52. The molecule has 0 spiro atoms. The number of nitrogens with one attached hydrogen (secondary N) is 1. The molecule has 0 fully saturated rings. The molecule has 5 heteroatoms. The first-order chi connectivity index (χ1) is 10.3. The van der Waals surface area contributed by atoms with Gasteiger partial charge in [-0.15, -0.1) is 0 Å². The van der Waals surface area contributed by atoms with Gasteiger partial charge in [0.25, 0.3) is 0 Å². The van der Waals surface area contributed by atoms with Gasteiger partial charge in [0, 0.05) is 34.5 Å². The Hall–Kier alpha value is -2.14. The first-order valence-corrected chi connectivity index (χ1v) is 7.43. The molecular weight excluding hydrogens is 330 g/mol. The highest BCUT2D eigenvalue weighted by molar-refractivity contribution is 9.10. The van der Waals surface area contributed by atoms with Gasteiger partial charge >= 0.3 is 0 Å². The predicted molar refractivity (Wildman–Crippen MR) is 87.7 cm³/mol. The molecule has 2 aromatic heterocycles. The quantitative estimate of drug-likeness (QED) is 0.714. The van der Waals surface area contributed by atoms with Gasteiger partial charge in [0.05, 0.1) is 11.7 Å². The van der Waals surface area contributed by atoms with Crippen LogP contribution in [0, 0.1) is 0 Å². The smallest absolute Gasteiger partial charge is 0.137 e. The lowest BCUT2D eigenvalue weighted by molar-refractivity contribution is 0.331. The normalized spacial score (nSPS) is 10.5. The number of nitrogens with zero attached hydrogens (tertiary/aromatic N) is 2. The highest BCUT2D eigenvalue weighted by atomic mass is 79.9. The minimum Gasteiger partial charge on any atom is -0.490 e. The van der Waals surface area contributed by atoms with Gasteiger partial charge in [0.2, 0.25) is 0 Å². The van der Waals surface area contributed by atoms with E-state index in [2.05, 4.69) is 37.3 Å². The topological polar surface area (TPSA) is 47.0 Å². The highest BCUT2D eigenvalue weighted by Crippen LogP contribution is 2.24. The van der Waals surface area contributed by atoms with Gasteiger partial charge in [-0.25, -0.2) is 0 Å². The first-order valence-electron chi connectivity index (χ1n) is 6.64. The summed E-state index contributed by atoms with van der Waals surface area (Å²) >= 11 is 3.46. The van der Waals surface area contributed by atoms with Gasteiger partial charge in [0.15, 0.2) is 0 Å². The third-order valence-electron chi connectivity index (χ3n) is 3.03. The van der Waals surface area contributed by atoms with Crippen LogP contribution in [-0.4, -0.2) is 23.1 Å². The van der Waals surface area contributed by atoms with Crippen LogP contribution in [0.15, 0.2) is 59.5 Å². The Kier molecular flexibility index (Phi) is 4.31. The number of pyridine rings is 2. The zero-order chi connectivity index (χ0) is 14.5. The molecule has 3 aromatic rings. The monoisotopic (exact) mass is 343 g/mol. The van der Waals surface area contributed by atoms with Gasteiger partial charge in [-0.2, -0.15) is 0 Å². The number of hydrogen-bond acceptors (Lipinski definition) is 4. The Morgan fingerprint density at radius 2 is 2.10 bits per heavy atom. The van der Waals surface area contributed by atoms with Crippen LogP contribution in [0.5, 0.6) is 5.75 Å². The van der Waals surface area contributed by atoms with Gasteiger partial charge in [0.1, 0.15) is 12.4 Å². The Balaban J connectivity index is 1.63. The van der Waals surface area contributed by atoms with Crippen LogP contribution in [0.4, 0.5) is 5.69 Å². The molecule has 21 heavy (non-hydrogen) atoms. The molecular formula is C16H14BrN3O. The van der Waals surface area contributed by atoms with E-state index < -0.39 is 0 Å². The van der Waals surface area contributed by atoms with Crippen molar-refractivity contribution in [3.63, 3.8) is 0 Å². The predicted octanol–water partition coefficient (Wildman–Crippen LogP) is 3.88. The fourth-order valence-corrected chi connectivity index (χ4v) is 2.41. The number of anilines is 1. The van der Waals surface area contributed by atoms with Crippen molar-refractivity contribution in [2.24, 2.45) is 0 Å². The maximum Gasteiger partial charge on any atom is 0.137 e. The molecule has 106 valence electrons. The Morgan fingerprint density at radius 3 is 2.95 bits per heavy atom.